The number of carbonyl (C=O) groups is 1. The Kier molecular flexibility index (Phi) is 3.56. The minimum atomic E-state index is 0.360. The number of nitrogens with one attached hydrogen (secondary N) is 1. The van der Waals surface area contributed by atoms with Crippen molar-refractivity contribution >= 4 is 5.78 Å². The van der Waals surface area contributed by atoms with Gasteiger partial charge in [-0.15, -0.1) is 0 Å². The first-order valence-corrected chi connectivity index (χ1v) is 7.22. The number of hydrogen-bond acceptors (Lipinski definition) is 3. The summed E-state index contributed by atoms with van der Waals surface area (Å²) in [6, 6.07) is 6.90. The number of benzene rings is 1. The summed E-state index contributed by atoms with van der Waals surface area (Å²) in [6.45, 7) is 0.806. The highest BCUT2D eigenvalue weighted by molar-refractivity contribution is 5.79. The summed E-state index contributed by atoms with van der Waals surface area (Å²) in [5.41, 5.74) is 2.66. The summed E-state index contributed by atoms with van der Waals surface area (Å²) in [4.78, 5) is 11.4. The zero-order valence-electron chi connectivity index (χ0n) is 11.4. The molecule has 0 radical (unpaired) electrons. The van der Waals surface area contributed by atoms with Gasteiger partial charge in [0.05, 0.1) is 6.61 Å². The first kappa shape index (κ1) is 12.7. The van der Waals surface area contributed by atoms with Crippen LogP contribution < -0.4 is 10.1 Å². The standard InChI is InChI=1S/C16H21NO2/c1-17-16(11-2-5-14(18)6-3-11)13-4-7-15-12(10-13)8-9-19-15/h4,7,10-11,16-17H,2-3,5-6,8-9H2,1H3. The van der Waals surface area contributed by atoms with Crippen molar-refractivity contribution in [2.45, 2.75) is 38.1 Å². The van der Waals surface area contributed by atoms with Crippen LogP contribution in [-0.2, 0) is 11.2 Å². The second kappa shape index (κ2) is 5.33. The molecule has 102 valence electrons. The Morgan fingerprint density at radius 1 is 1.26 bits per heavy atom. The average Bonchev–Trinajstić information content (AvgIpc) is 2.89. The maximum atomic E-state index is 11.4. The lowest BCUT2D eigenvalue weighted by molar-refractivity contribution is -0.121. The van der Waals surface area contributed by atoms with Crippen molar-refractivity contribution in [3.8, 4) is 5.75 Å². The van der Waals surface area contributed by atoms with Crippen LogP contribution in [0.5, 0.6) is 5.75 Å². The average molecular weight is 259 g/mol. The number of carbonyl (C=O) groups excluding carboxylic acids is 1. The van der Waals surface area contributed by atoms with E-state index >= 15 is 0 Å². The molecule has 1 atom stereocenters. The summed E-state index contributed by atoms with van der Waals surface area (Å²) >= 11 is 0. The number of ketones is 1. The molecule has 0 aromatic heterocycles. The van der Waals surface area contributed by atoms with Crippen LogP contribution in [0.2, 0.25) is 0 Å². The normalized spacial score (nSPS) is 21.0. The zero-order chi connectivity index (χ0) is 13.2. The van der Waals surface area contributed by atoms with E-state index in [2.05, 4.69) is 23.5 Å². The molecule has 2 aliphatic rings. The van der Waals surface area contributed by atoms with Gasteiger partial charge in [0.25, 0.3) is 0 Å². The van der Waals surface area contributed by atoms with Crippen LogP contribution in [0.4, 0.5) is 0 Å². The Hall–Kier alpha value is -1.35. The topological polar surface area (TPSA) is 38.3 Å². The Labute approximate surface area is 114 Å². The van der Waals surface area contributed by atoms with Crippen LogP contribution in [0.25, 0.3) is 0 Å². The Balaban J connectivity index is 1.80. The Bertz CT molecular complexity index is 474. The van der Waals surface area contributed by atoms with Gasteiger partial charge in [0.2, 0.25) is 0 Å². The van der Waals surface area contributed by atoms with Gasteiger partial charge in [-0.2, -0.15) is 0 Å². The zero-order valence-corrected chi connectivity index (χ0v) is 11.4. The van der Waals surface area contributed by atoms with Crippen LogP contribution in [0.3, 0.4) is 0 Å². The third kappa shape index (κ3) is 2.52. The fourth-order valence-electron chi connectivity index (χ4n) is 3.37. The van der Waals surface area contributed by atoms with Gasteiger partial charge in [0.1, 0.15) is 11.5 Å². The van der Waals surface area contributed by atoms with E-state index in [0.717, 1.165) is 44.5 Å². The third-order valence-corrected chi connectivity index (χ3v) is 4.44. The van der Waals surface area contributed by atoms with Crippen molar-refractivity contribution in [1.29, 1.82) is 0 Å². The van der Waals surface area contributed by atoms with Gasteiger partial charge in [0.15, 0.2) is 0 Å². The lowest BCUT2D eigenvalue weighted by atomic mass is 9.80. The fourth-order valence-corrected chi connectivity index (χ4v) is 3.37. The van der Waals surface area contributed by atoms with Crippen LogP contribution >= 0.6 is 0 Å². The quantitative estimate of drug-likeness (QED) is 0.907. The van der Waals surface area contributed by atoms with Crippen molar-refractivity contribution in [3.05, 3.63) is 29.3 Å². The first-order chi connectivity index (χ1) is 9.28. The Morgan fingerprint density at radius 2 is 2.05 bits per heavy atom. The highest BCUT2D eigenvalue weighted by Gasteiger charge is 2.27. The summed E-state index contributed by atoms with van der Waals surface area (Å²) in [6.07, 6.45) is 4.53. The predicted molar refractivity (Wildman–Crippen MR) is 74.4 cm³/mol. The second-order valence-electron chi connectivity index (χ2n) is 5.61. The van der Waals surface area contributed by atoms with E-state index in [9.17, 15) is 4.79 Å². The van der Waals surface area contributed by atoms with E-state index in [1.165, 1.54) is 11.1 Å². The van der Waals surface area contributed by atoms with Crippen molar-refractivity contribution in [1.82, 2.24) is 5.32 Å². The second-order valence-corrected chi connectivity index (χ2v) is 5.61. The minimum Gasteiger partial charge on any atom is -0.493 e. The van der Waals surface area contributed by atoms with Gasteiger partial charge in [-0.05, 0) is 43.0 Å². The summed E-state index contributed by atoms with van der Waals surface area (Å²) in [5.74, 6) is 2.04. The molecule has 1 aliphatic heterocycles. The fraction of sp³-hybridized carbons (Fsp3) is 0.562. The molecule has 1 unspecified atom stereocenters. The molecule has 0 spiro atoms. The number of ether oxygens (including phenoxy) is 1. The van der Waals surface area contributed by atoms with Crippen molar-refractivity contribution < 1.29 is 9.53 Å². The SMILES string of the molecule is CNC(c1ccc2c(c1)CCO2)C1CCC(=O)CC1. The molecule has 3 rings (SSSR count). The van der Waals surface area contributed by atoms with Crippen molar-refractivity contribution in [2.24, 2.45) is 5.92 Å². The molecule has 1 heterocycles. The molecule has 3 nitrogen and oxygen atoms in total. The van der Waals surface area contributed by atoms with Crippen LogP contribution in [-0.4, -0.2) is 19.4 Å². The molecule has 19 heavy (non-hydrogen) atoms. The molecule has 0 amide bonds. The van der Waals surface area contributed by atoms with E-state index in [4.69, 9.17) is 4.74 Å². The van der Waals surface area contributed by atoms with Gasteiger partial charge in [-0.1, -0.05) is 12.1 Å². The number of hydrogen-bond donors (Lipinski definition) is 1. The van der Waals surface area contributed by atoms with Gasteiger partial charge in [-0.3, -0.25) is 4.79 Å². The van der Waals surface area contributed by atoms with E-state index in [1.54, 1.807) is 0 Å². The lowest BCUT2D eigenvalue weighted by Gasteiger charge is -2.30. The largest absolute Gasteiger partial charge is 0.493 e. The van der Waals surface area contributed by atoms with Crippen LogP contribution in [0.1, 0.15) is 42.9 Å². The molecule has 0 saturated heterocycles. The predicted octanol–water partition coefficient (Wildman–Crippen LogP) is 2.64. The molecule has 1 aromatic rings. The lowest BCUT2D eigenvalue weighted by Crippen LogP contribution is -2.28. The maximum absolute atomic E-state index is 11.4. The van der Waals surface area contributed by atoms with E-state index < -0.39 is 0 Å². The molecule has 0 bridgehead atoms. The van der Waals surface area contributed by atoms with Crippen LogP contribution in [0, 0.1) is 5.92 Å². The van der Waals surface area contributed by atoms with E-state index in [-0.39, 0.29) is 0 Å². The maximum Gasteiger partial charge on any atom is 0.132 e. The first-order valence-electron chi connectivity index (χ1n) is 7.22. The van der Waals surface area contributed by atoms with E-state index in [1.807, 2.05) is 7.05 Å². The molecule has 3 heteroatoms. The molecular formula is C16H21NO2. The molecular weight excluding hydrogens is 238 g/mol. The number of rotatable bonds is 3. The summed E-state index contributed by atoms with van der Waals surface area (Å²) < 4.78 is 5.56. The highest BCUT2D eigenvalue weighted by atomic mass is 16.5. The third-order valence-electron chi connectivity index (χ3n) is 4.44. The summed E-state index contributed by atoms with van der Waals surface area (Å²) in [5, 5.41) is 3.44. The highest BCUT2D eigenvalue weighted by Crippen LogP contribution is 2.35. The van der Waals surface area contributed by atoms with Gasteiger partial charge in [0, 0.05) is 25.3 Å². The van der Waals surface area contributed by atoms with Gasteiger partial charge >= 0.3 is 0 Å². The van der Waals surface area contributed by atoms with Crippen molar-refractivity contribution in [2.75, 3.05) is 13.7 Å². The van der Waals surface area contributed by atoms with E-state index in [0.29, 0.717) is 17.7 Å². The molecule has 1 aliphatic carbocycles. The molecule has 1 saturated carbocycles. The van der Waals surface area contributed by atoms with Crippen LogP contribution in [0.15, 0.2) is 18.2 Å². The van der Waals surface area contributed by atoms with Gasteiger partial charge < -0.3 is 10.1 Å². The molecule has 1 fully saturated rings. The summed E-state index contributed by atoms with van der Waals surface area (Å²) in [7, 11) is 2.02. The smallest absolute Gasteiger partial charge is 0.132 e. The minimum absolute atomic E-state index is 0.360. The molecule has 1 N–H and O–H groups in total. The van der Waals surface area contributed by atoms with Gasteiger partial charge in [-0.25, -0.2) is 0 Å². The van der Waals surface area contributed by atoms with Crippen molar-refractivity contribution in [3.63, 3.8) is 0 Å². The number of Topliss-reactive ketones (excluding diaryl/α,β-unsaturated/α-hetero) is 1. The monoisotopic (exact) mass is 259 g/mol. The Morgan fingerprint density at radius 3 is 2.79 bits per heavy atom. The number of fused-ring (bicyclic) bond motifs is 1. The molecule has 1 aromatic carbocycles.